The smallest absolute Gasteiger partial charge is 0.303 e. The van der Waals surface area contributed by atoms with Crippen molar-refractivity contribution in [3.8, 4) is 0 Å². The largest absolute Gasteiger partial charge is 0.471 e. The Morgan fingerprint density at radius 2 is 2.11 bits per heavy atom. The molecule has 0 fully saturated rings. The minimum absolute atomic E-state index is 0. The van der Waals surface area contributed by atoms with Crippen LogP contribution in [-0.2, 0) is 13.6 Å². The molecule has 0 aromatic heterocycles. The normalized spacial score (nSPS) is 15.9. The molecule has 9 heavy (non-hydrogen) atoms. The van der Waals surface area contributed by atoms with Crippen molar-refractivity contribution in [3.05, 3.63) is 0 Å². The van der Waals surface area contributed by atoms with E-state index in [2.05, 4.69) is 9.05 Å². The molecule has 1 unspecified atom stereocenters. The maximum Gasteiger partial charge on any atom is 0.471 e. The molecule has 58 valence electrons. The molecule has 0 saturated heterocycles. The van der Waals surface area contributed by atoms with Crippen molar-refractivity contribution in [2.24, 2.45) is 0 Å². The van der Waals surface area contributed by atoms with Gasteiger partial charge < -0.3 is 4.89 Å². The molecule has 0 aliphatic rings. The maximum absolute atomic E-state index is 10.3. The van der Waals surface area contributed by atoms with Gasteiger partial charge in [0.05, 0.1) is 6.61 Å². The topological polar surface area (TPSA) is 55.8 Å². The molecule has 0 heterocycles. The van der Waals surface area contributed by atoms with Gasteiger partial charge in [-0.1, -0.05) is 7.43 Å². The Morgan fingerprint density at radius 1 is 1.67 bits per heavy atom. The summed E-state index contributed by atoms with van der Waals surface area (Å²) in [5.74, 6) is 0. The van der Waals surface area contributed by atoms with Gasteiger partial charge in [-0.15, -0.1) is 0 Å². The lowest BCUT2D eigenvalue weighted by atomic mass is 10.9. The minimum Gasteiger partial charge on any atom is -0.303 e. The fraction of sp³-hybridized carbons (Fsp3) is 1.00. The molecule has 0 saturated carbocycles. The Labute approximate surface area is 55.4 Å². The molecule has 0 aromatic rings. The second-order valence-electron chi connectivity index (χ2n) is 1.07. The van der Waals surface area contributed by atoms with E-state index in [9.17, 15) is 4.57 Å². The predicted octanol–water partition coefficient (Wildman–Crippen LogP) is 1.41. The van der Waals surface area contributed by atoms with E-state index >= 15 is 0 Å². The summed E-state index contributed by atoms with van der Waals surface area (Å²) in [6.07, 6.45) is 0. The van der Waals surface area contributed by atoms with Crippen LogP contribution in [0, 0.1) is 0 Å². The SMILES string of the molecule is C.CCOP(=O)(O)OC. The van der Waals surface area contributed by atoms with Gasteiger partial charge in [-0.2, -0.15) is 0 Å². The van der Waals surface area contributed by atoms with Crippen LogP contribution in [0.3, 0.4) is 0 Å². The lowest BCUT2D eigenvalue weighted by Gasteiger charge is -2.04. The summed E-state index contributed by atoms with van der Waals surface area (Å²) < 4.78 is 18.6. The third kappa shape index (κ3) is 5.99. The Balaban J connectivity index is 0. The second kappa shape index (κ2) is 4.94. The molecule has 0 aromatic carbocycles. The molecule has 1 atom stereocenters. The Kier molecular flexibility index (Phi) is 6.51. The third-order valence-corrected chi connectivity index (χ3v) is 1.57. The van der Waals surface area contributed by atoms with Crippen molar-refractivity contribution >= 4 is 7.82 Å². The standard InChI is InChI=1S/C3H9O4P.CH4/c1-3-7-8(4,5)6-2;/h3H2,1-2H3,(H,4,5);1H4. The zero-order valence-electron chi connectivity index (χ0n) is 4.83. The van der Waals surface area contributed by atoms with Crippen LogP contribution in [0.5, 0.6) is 0 Å². The van der Waals surface area contributed by atoms with Crippen LogP contribution in [0.2, 0.25) is 0 Å². The molecule has 0 bridgehead atoms. The Morgan fingerprint density at radius 3 is 2.22 bits per heavy atom. The van der Waals surface area contributed by atoms with E-state index in [1.165, 1.54) is 0 Å². The number of hydrogen-bond acceptors (Lipinski definition) is 3. The molecule has 0 aliphatic carbocycles. The average molecular weight is 156 g/mol. The van der Waals surface area contributed by atoms with E-state index in [4.69, 9.17) is 4.89 Å². The summed E-state index contributed by atoms with van der Waals surface area (Å²) in [4.78, 5) is 8.43. The van der Waals surface area contributed by atoms with Crippen LogP contribution in [0.4, 0.5) is 0 Å². The van der Waals surface area contributed by atoms with Crippen molar-refractivity contribution in [2.75, 3.05) is 13.7 Å². The lowest BCUT2D eigenvalue weighted by molar-refractivity contribution is 0.181. The van der Waals surface area contributed by atoms with E-state index in [1.54, 1.807) is 6.92 Å². The number of hydrogen-bond donors (Lipinski definition) is 1. The first kappa shape index (κ1) is 11.9. The van der Waals surface area contributed by atoms with Gasteiger partial charge in [0.15, 0.2) is 0 Å². The zero-order valence-corrected chi connectivity index (χ0v) is 5.72. The van der Waals surface area contributed by atoms with E-state index in [1.807, 2.05) is 0 Å². The molecular weight excluding hydrogens is 143 g/mol. The highest BCUT2D eigenvalue weighted by Gasteiger charge is 2.15. The molecular formula is C4H13O4P. The fourth-order valence-electron chi connectivity index (χ4n) is 0.216. The number of phosphoric ester groups is 1. The van der Waals surface area contributed by atoms with Gasteiger partial charge in [0.1, 0.15) is 0 Å². The van der Waals surface area contributed by atoms with Crippen LogP contribution >= 0.6 is 7.82 Å². The van der Waals surface area contributed by atoms with Crippen molar-refractivity contribution in [1.82, 2.24) is 0 Å². The first-order valence-corrected chi connectivity index (χ1v) is 3.65. The first-order chi connectivity index (χ1) is 3.62. The van der Waals surface area contributed by atoms with Crippen molar-refractivity contribution in [3.63, 3.8) is 0 Å². The summed E-state index contributed by atoms with van der Waals surface area (Å²) in [6, 6.07) is 0. The first-order valence-electron chi connectivity index (χ1n) is 2.15. The Hall–Kier alpha value is 0.110. The van der Waals surface area contributed by atoms with E-state index in [0.717, 1.165) is 7.11 Å². The summed E-state index contributed by atoms with van der Waals surface area (Å²) >= 11 is 0. The highest BCUT2D eigenvalue weighted by molar-refractivity contribution is 7.47. The molecule has 4 nitrogen and oxygen atoms in total. The molecule has 0 rings (SSSR count). The number of rotatable bonds is 3. The van der Waals surface area contributed by atoms with E-state index < -0.39 is 7.82 Å². The second-order valence-corrected chi connectivity index (χ2v) is 2.63. The van der Waals surface area contributed by atoms with Gasteiger partial charge in [0.25, 0.3) is 0 Å². The van der Waals surface area contributed by atoms with Crippen molar-refractivity contribution in [2.45, 2.75) is 14.4 Å². The van der Waals surface area contributed by atoms with E-state index in [0.29, 0.717) is 0 Å². The van der Waals surface area contributed by atoms with Gasteiger partial charge in [0, 0.05) is 7.11 Å². The fourth-order valence-corrected chi connectivity index (χ4v) is 0.648. The van der Waals surface area contributed by atoms with Gasteiger partial charge in [-0.3, -0.25) is 9.05 Å². The zero-order chi connectivity index (χ0) is 6.62. The molecule has 0 radical (unpaired) electrons. The average Bonchev–Trinajstić information content (AvgIpc) is 1.67. The van der Waals surface area contributed by atoms with Crippen molar-refractivity contribution < 1.29 is 18.5 Å². The molecule has 1 N–H and O–H groups in total. The maximum atomic E-state index is 10.3. The van der Waals surface area contributed by atoms with Gasteiger partial charge in [0.2, 0.25) is 0 Å². The van der Waals surface area contributed by atoms with Crippen LogP contribution in [0.25, 0.3) is 0 Å². The van der Waals surface area contributed by atoms with E-state index in [-0.39, 0.29) is 14.0 Å². The Bertz CT molecular complexity index is 103. The lowest BCUT2D eigenvalue weighted by Crippen LogP contribution is -1.89. The van der Waals surface area contributed by atoms with Crippen LogP contribution in [-0.4, -0.2) is 18.6 Å². The van der Waals surface area contributed by atoms with Crippen molar-refractivity contribution in [1.29, 1.82) is 0 Å². The van der Waals surface area contributed by atoms with Gasteiger partial charge >= 0.3 is 7.82 Å². The highest BCUT2D eigenvalue weighted by Crippen LogP contribution is 2.41. The van der Waals surface area contributed by atoms with Gasteiger partial charge in [-0.25, -0.2) is 4.57 Å². The number of phosphoric acid groups is 1. The molecule has 5 heteroatoms. The predicted molar refractivity (Wildman–Crippen MR) is 35.2 cm³/mol. The minimum atomic E-state index is -3.67. The monoisotopic (exact) mass is 156 g/mol. The summed E-state index contributed by atoms with van der Waals surface area (Å²) in [5, 5.41) is 0. The molecule has 0 spiro atoms. The van der Waals surface area contributed by atoms with Crippen LogP contribution < -0.4 is 0 Å². The van der Waals surface area contributed by atoms with Crippen LogP contribution in [0.15, 0.2) is 0 Å². The third-order valence-electron chi connectivity index (χ3n) is 0.523. The summed E-state index contributed by atoms with van der Waals surface area (Å²) in [5.41, 5.74) is 0. The quantitative estimate of drug-likeness (QED) is 0.627. The molecule has 0 amide bonds. The summed E-state index contributed by atoms with van der Waals surface area (Å²) in [7, 11) is -2.55. The highest BCUT2D eigenvalue weighted by atomic mass is 31.2. The molecule has 0 aliphatic heterocycles. The summed E-state index contributed by atoms with van der Waals surface area (Å²) in [6.45, 7) is 1.80. The van der Waals surface area contributed by atoms with Gasteiger partial charge in [-0.05, 0) is 6.92 Å². The van der Waals surface area contributed by atoms with Crippen LogP contribution in [0.1, 0.15) is 14.4 Å².